The van der Waals surface area contributed by atoms with Crippen LogP contribution >= 0.6 is 0 Å². The Bertz CT molecular complexity index is 409. The van der Waals surface area contributed by atoms with Crippen LogP contribution in [-0.4, -0.2) is 31.6 Å². The molecule has 0 radical (unpaired) electrons. The third-order valence-electron chi connectivity index (χ3n) is 3.35. The first-order valence-corrected chi connectivity index (χ1v) is 6.64. The minimum atomic E-state index is -0.887. The van der Waals surface area contributed by atoms with Crippen molar-refractivity contribution in [3.63, 3.8) is 0 Å². The molecule has 0 N–H and O–H groups in total. The van der Waals surface area contributed by atoms with Crippen LogP contribution in [0.1, 0.15) is 19.4 Å². The van der Waals surface area contributed by atoms with Crippen LogP contribution in [0.5, 0.6) is 0 Å². The molecular formula is C15H20O4. The van der Waals surface area contributed by atoms with Gasteiger partial charge in [0, 0.05) is 0 Å². The summed E-state index contributed by atoms with van der Waals surface area (Å²) in [6.07, 6.45) is 0.552. The maximum atomic E-state index is 12.2. The standard InChI is InChI=1S/C15H20O4/c1-3-17-14(16)13(15(2)18-9-10-19-15)11-12-7-5-4-6-8-12/h4-8,13H,3,9-11H2,1-2H3/t13-/m0/s1. The molecular weight excluding hydrogens is 244 g/mol. The molecule has 0 spiro atoms. The van der Waals surface area contributed by atoms with E-state index in [0.29, 0.717) is 26.2 Å². The Balaban J connectivity index is 2.17. The normalized spacial score (nSPS) is 19.1. The van der Waals surface area contributed by atoms with E-state index in [-0.39, 0.29) is 5.97 Å². The van der Waals surface area contributed by atoms with Crippen molar-refractivity contribution in [2.24, 2.45) is 5.92 Å². The van der Waals surface area contributed by atoms with Gasteiger partial charge in [-0.05, 0) is 25.8 Å². The van der Waals surface area contributed by atoms with Crippen molar-refractivity contribution in [3.05, 3.63) is 35.9 Å². The van der Waals surface area contributed by atoms with E-state index in [1.807, 2.05) is 37.3 Å². The lowest BCUT2D eigenvalue weighted by Crippen LogP contribution is -2.43. The van der Waals surface area contributed by atoms with Crippen molar-refractivity contribution >= 4 is 5.97 Å². The summed E-state index contributed by atoms with van der Waals surface area (Å²) >= 11 is 0. The van der Waals surface area contributed by atoms with Gasteiger partial charge >= 0.3 is 5.97 Å². The summed E-state index contributed by atoms with van der Waals surface area (Å²) in [5.74, 6) is -1.60. The highest BCUT2D eigenvalue weighted by molar-refractivity contribution is 5.74. The van der Waals surface area contributed by atoms with Gasteiger partial charge in [-0.1, -0.05) is 30.3 Å². The van der Waals surface area contributed by atoms with Crippen molar-refractivity contribution < 1.29 is 19.0 Å². The Labute approximate surface area is 113 Å². The molecule has 1 heterocycles. The summed E-state index contributed by atoms with van der Waals surface area (Å²) in [6, 6.07) is 9.84. The van der Waals surface area contributed by atoms with E-state index in [1.165, 1.54) is 0 Å². The molecule has 1 saturated heterocycles. The van der Waals surface area contributed by atoms with E-state index in [0.717, 1.165) is 5.56 Å². The molecule has 19 heavy (non-hydrogen) atoms. The van der Waals surface area contributed by atoms with Crippen LogP contribution in [0.4, 0.5) is 0 Å². The lowest BCUT2D eigenvalue weighted by atomic mass is 9.92. The number of hydrogen-bond donors (Lipinski definition) is 0. The summed E-state index contributed by atoms with van der Waals surface area (Å²) in [7, 11) is 0. The monoisotopic (exact) mass is 264 g/mol. The van der Waals surface area contributed by atoms with Gasteiger partial charge in [0.05, 0.1) is 19.8 Å². The molecule has 1 atom stereocenters. The summed E-state index contributed by atoms with van der Waals surface area (Å²) in [6.45, 7) is 5.00. The van der Waals surface area contributed by atoms with Gasteiger partial charge in [-0.3, -0.25) is 4.79 Å². The largest absolute Gasteiger partial charge is 0.466 e. The third-order valence-corrected chi connectivity index (χ3v) is 3.35. The van der Waals surface area contributed by atoms with Gasteiger partial charge in [-0.2, -0.15) is 0 Å². The van der Waals surface area contributed by atoms with Crippen LogP contribution in [-0.2, 0) is 25.4 Å². The van der Waals surface area contributed by atoms with E-state index in [2.05, 4.69) is 0 Å². The summed E-state index contributed by atoms with van der Waals surface area (Å²) in [5.41, 5.74) is 1.07. The second-order valence-corrected chi connectivity index (χ2v) is 4.71. The molecule has 4 nitrogen and oxygen atoms in total. The Hall–Kier alpha value is -1.39. The minimum absolute atomic E-state index is 0.268. The van der Waals surface area contributed by atoms with Crippen LogP contribution < -0.4 is 0 Å². The molecule has 1 aromatic carbocycles. The fourth-order valence-electron chi connectivity index (χ4n) is 2.31. The molecule has 1 fully saturated rings. The number of carbonyl (C=O) groups is 1. The molecule has 0 amide bonds. The SMILES string of the molecule is CCOC(=O)[C@H](Cc1ccccc1)C1(C)OCCO1. The predicted octanol–water partition coefficient (Wildman–Crippen LogP) is 2.17. The van der Waals surface area contributed by atoms with Gasteiger partial charge in [0.15, 0.2) is 5.79 Å². The van der Waals surface area contributed by atoms with Crippen LogP contribution in [0.15, 0.2) is 30.3 Å². The van der Waals surface area contributed by atoms with Gasteiger partial charge in [0.1, 0.15) is 5.92 Å². The molecule has 0 saturated carbocycles. The molecule has 0 aromatic heterocycles. The van der Waals surface area contributed by atoms with Gasteiger partial charge in [-0.25, -0.2) is 0 Å². The van der Waals surface area contributed by atoms with E-state index in [1.54, 1.807) is 6.92 Å². The molecule has 104 valence electrons. The third kappa shape index (κ3) is 3.33. The molecule has 0 unspecified atom stereocenters. The number of benzene rings is 1. The molecule has 1 aliphatic rings. The molecule has 2 rings (SSSR count). The topological polar surface area (TPSA) is 44.8 Å². The number of esters is 1. The lowest BCUT2D eigenvalue weighted by Gasteiger charge is -2.30. The number of rotatable bonds is 5. The number of ether oxygens (including phenoxy) is 3. The summed E-state index contributed by atoms with van der Waals surface area (Å²) in [4.78, 5) is 12.2. The van der Waals surface area contributed by atoms with Crippen LogP contribution in [0, 0.1) is 5.92 Å². The Morgan fingerprint density at radius 2 is 1.95 bits per heavy atom. The highest BCUT2D eigenvalue weighted by atomic mass is 16.7. The number of carbonyl (C=O) groups excluding carboxylic acids is 1. The maximum Gasteiger partial charge on any atom is 0.314 e. The maximum absolute atomic E-state index is 12.2. The molecule has 4 heteroatoms. The van der Waals surface area contributed by atoms with Crippen molar-refractivity contribution in [3.8, 4) is 0 Å². The van der Waals surface area contributed by atoms with E-state index < -0.39 is 11.7 Å². The second-order valence-electron chi connectivity index (χ2n) is 4.71. The van der Waals surface area contributed by atoms with Crippen LogP contribution in [0.2, 0.25) is 0 Å². The highest BCUT2D eigenvalue weighted by Gasteiger charge is 2.45. The Morgan fingerprint density at radius 1 is 1.32 bits per heavy atom. The Morgan fingerprint density at radius 3 is 2.53 bits per heavy atom. The van der Waals surface area contributed by atoms with Gasteiger partial charge in [0.25, 0.3) is 0 Å². The zero-order valence-corrected chi connectivity index (χ0v) is 11.4. The average Bonchev–Trinajstić information content (AvgIpc) is 2.85. The van der Waals surface area contributed by atoms with E-state index in [9.17, 15) is 4.79 Å². The summed E-state index contributed by atoms with van der Waals surface area (Å²) in [5, 5.41) is 0. The first-order chi connectivity index (χ1) is 9.15. The first kappa shape index (κ1) is 14.0. The zero-order valence-electron chi connectivity index (χ0n) is 11.4. The molecule has 0 bridgehead atoms. The minimum Gasteiger partial charge on any atom is -0.466 e. The fourth-order valence-corrected chi connectivity index (χ4v) is 2.31. The van der Waals surface area contributed by atoms with E-state index in [4.69, 9.17) is 14.2 Å². The smallest absolute Gasteiger partial charge is 0.314 e. The lowest BCUT2D eigenvalue weighted by molar-refractivity contribution is -0.200. The van der Waals surface area contributed by atoms with Gasteiger partial charge in [-0.15, -0.1) is 0 Å². The van der Waals surface area contributed by atoms with Gasteiger partial charge in [0.2, 0.25) is 0 Å². The fraction of sp³-hybridized carbons (Fsp3) is 0.533. The van der Waals surface area contributed by atoms with Crippen LogP contribution in [0.25, 0.3) is 0 Å². The van der Waals surface area contributed by atoms with Gasteiger partial charge < -0.3 is 14.2 Å². The second kappa shape index (κ2) is 6.17. The predicted molar refractivity (Wildman–Crippen MR) is 70.6 cm³/mol. The van der Waals surface area contributed by atoms with Crippen LogP contribution in [0.3, 0.4) is 0 Å². The van der Waals surface area contributed by atoms with Crippen molar-refractivity contribution in [2.45, 2.75) is 26.1 Å². The first-order valence-electron chi connectivity index (χ1n) is 6.64. The van der Waals surface area contributed by atoms with Crippen molar-refractivity contribution in [1.82, 2.24) is 0 Å². The summed E-state index contributed by atoms with van der Waals surface area (Å²) < 4.78 is 16.4. The quantitative estimate of drug-likeness (QED) is 0.765. The van der Waals surface area contributed by atoms with Crippen molar-refractivity contribution in [1.29, 1.82) is 0 Å². The average molecular weight is 264 g/mol. The highest BCUT2D eigenvalue weighted by Crippen LogP contribution is 2.31. The molecule has 1 aliphatic heterocycles. The Kier molecular flexibility index (Phi) is 4.56. The molecule has 0 aliphatic carbocycles. The zero-order chi connectivity index (χ0) is 13.7. The van der Waals surface area contributed by atoms with E-state index >= 15 is 0 Å². The van der Waals surface area contributed by atoms with Crippen molar-refractivity contribution in [2.75, 3.05) is 19.8 Å². The molecule has 1 aromatic rings. The number of hydrogen-bond acceptors (Lipinski definition) is 4.